The van der Waals surface area contributed by atoms with Crippen LogP contribution in [0.5, 0.6) is 0 Å². The van der Waals surface area contributed by atoms with E-state index in [1.165, 1.54) is 6.07 Å². The zero-order valence-electron chi connectivity index (χ0n) is 10.2. The lowest BCUT2D eigenvalue weighted by atomic mass is 10.1. The third kappa shape index (κ3) is 1.81. The van der Waals surface area contributed by atoms with E-state index in [1.54, 1.807) is 6.07 Å². The van der Waals surface area contributed by atoms with Crippen molar-refractivity contribution >= 4 is 39.8 Å². The van der Waals surface area contributed by atoms with Crippen molar-refractivity contribution in [1.29, 1.82) is 0 Å². The first-order valence-corrected chi connectivity index (χ1v) is 5.75. The SMILES string of the molecule is NC(=O)Nc1nc2oc3ccccc3c2cc1C(N)=O. The van der Waals surface area contributed by atoms with Crippen LogP contribution >= 0.6 is 0 Å². The van der Waals surface area contributed by atoms with Crippen LogP contribution in [0.25, 0.3) is 22.1 Å². The van der Waals surface area contributed by atoms with Crippen molar-refractivity contribution in [3.05, 3.63) is 35.9 Å². The minimum atomic E-state index is -0.838. The number of pyridine rings is 1. The number of carbonyl (C=O) groups is 2. The summed E-state index contributed by atoms with van der Waals surface area (Å²) in [6, 6.07) is 7.98. The van der Waals surface area contributed by atoms with Crippen LogP contribution in [0, 0.1) is 0 Å². The maximum absolute atomic E-state index is 11.5. The number of nitrogens with two attached hydrogens (primary N) is 2. The first-order chi connectivity index (χ1) is 9.56. The number of aromatic nitrogens is 1. The van der Waals surface area contributed by atoms with Gasteiger partial charge in [-0.05, 0) is 12.1 Å². The molecule has 3 amide bonds. The standard InChI is InChI=1S/C13H10N4O3/c14-10(18)8-5-7-6-3-1-2-4-9(6)20-12(7)16-11(8)17-13(15)19/h1-5H,(H2,14,18)(H3,15,16,17,19). The Morgan fingerprint density at radius 1 is 1.15 bits per heavy atom. The smallest absolute Gasteiger partial charge is 0.317 e. The zero-order valence-corrected chi connectivity index (χ0v) is 10.2. The molecule has 2 aromatic heterocycles. The highest BCUT2D eigenvalue weighted by Gasteiger charge is 2.17. The highest BCUT2D eigenvalue weighted by atomic mass is 16.3. The molecule has 3 rings (SSSR count). The van der Waals surface area contributed by atoms with Crippen LogP contribution in [0.15, 0.2) is 34.7 Å². The van der Waals surface area contributed by atoms with Gasteiger partial charge in [0.25, 0.3) is 5.91 Å². The third-order valence-corrected chi connectivity index (χ3v) is 2.88. The summed E-state index contributed by atoms with van der Waals surface area (Å²) in [7, 11) is 0. The summed E-state index contributed by atoms with van der Waals surface area (Å²) >= 11 is 0. The number of furan rings is 1. The van der Waals surface area contributed by atoms with Crippen molar-refractivity contribution in [2.75, 3.05) is 5.32 Å². The van der Waals surface area contributed by atoms with E-state index in [4.69, 9.17) is 15.9 Å². The van der Waals surface area contributed by atoms with Gasteiger partial charge in [0.2, 0.25) is 5.71 Å². The van der Waals surface area contributed by atoms with Crippen LogP contribution in [0.3, 0.4) is 0 Å². The summed E-state index contributed by atoms with van der Waals surface area (Å²) in [5.41, 5.74) is 11.3. The van der Waals surface area contributed by atoms with Crippen LogP contribution in [-0.4, -0.2) is 16.9 Å². The number of hydrogen-bond donors (Lipinski definition) is 3. The number of benzene rings is 1. The molecule has 7 heteroatoms. The van der Waals surface area contributed by atoms with Gasteiger partial charge in [0.1, 0.15) is 5.58 Å². The number of nitrogens with zero attached hydrogens (tertiary/aromatic N) is 1. The van der Waals surface area contributed by atoms with Gasteiger partial charge in [-0.25, -0.2) is 4.79 Å². The molecule has 7 nitrogen and oxygen atoms in total. The summed E-state index contributed by atoms with van der Waals surface area (Å²) in [4.78, 5) is 26.5. The number of rotatable bonds is 2. The Labute approximate surface area is 112 Å². The van der Waals surface area contributed by atoms with Gasteiger partial charge >= 0.3 is 6.03 Å². The quantitative estimate of drug-likeness (QED) is 0.653. The number of para-hydroxylation sites is 1. The average molecular weight is 270 g/mol. The topological polar surface area (TPSA) is 124 Å². The third-order valence-electron chi connectivity index (χ3n) is 2.88. The molecule has 0 radical (unpaired) electrons. The van der Waals surface area contributed by atoms with E-state index < -0.39 is 11.9 Å². The van der Waals surface area contributed by atoms with Gasteiger partial charge in [0.15, 0.2) is 5.82 Å². The number of hydrogen-bond acceptors (Lipinski definition) is 4. The van der Waals surface area contributed by atoms with Crippen molar-refractivity contribution in [2.24, 2.45) is 11.5 Å². The van der Waals surface area contributed by atoms with Gasteiger partial charge in [-0.15, -0.1) is 0 Å². The lowest BCUT2D eigenvalue weighted by Gasteiger charge is -2.05. The summed E-state index contributed by atoms with van der Waals surface area (Å²) in [6.07, 6.45) is 0. The molecule has 0 bridgehead atoms. The van der Waals surface area contributed by atoms with Crippen LogP contribution in [-0.2, 0) is 0 Å². The van der Waals surface area contributed by atoms with Crippen molar-refractivity contribution in [3.63, 3.8) is 0 Å². The van der Waals surface area contributed by atoms with E-state index in [1.807, 2.05) is 18.2 Å². The molecular formula is C13H10N4O3. The molecule has 100 valence electrons. The first-order valence-electron chi connectivity index (χ1n) is 5.75. The summed E-state index contributed by atoms with van der Waals surface area (Å²) in [5.74, 6) is -0.731. The Bertz CT molecular complexity index is 853. The fourth-order valence-corrected chi connectivity index (χ4v) is 2.05. The minimum Gasteiger partial charge on any atom is -0.438 e. The molecule has 0 aliphatic heterocycles. The highest BCUT2D eigenvalue weighted by Crippen LogP contribution is 2.30. The van der Waals surface area contributed by atoms with E-state index in [-0.39, 0.29) is 11.4 Å². The Morgan fingerprint density at radius 2 is 1.90 bits per heavy atom. The Balaban J connectivity index is 2.34. The molecule has 0 aliphatic rings. The molecule has 2 heterocycles. The second kappa shape index (κ2) is 4.23. The number of amides is 3. The largest absolute Gasteiger partial charge is 0.438 e. The molecule has 0 spiro atoms. The van der Waals surface area contributed by atoms with Crippen LogP contribution < -0.4 is 16.8 Å². The van der Waals surface area contributed by atoms with Crippen LogP contribution in [0.2, 0.25) is 0 Å². The first kappa shape index (κ1) is 12.0. The van der Waals surface area contributed by atoms with E-state index in [0.29, 0.717) is 16.7 Å². The minimum absolute atomic E-state index is 0.0171. The van der Waals surface area contributed by atoms with E-state index >= 15 is 0 Å². The van der Waals surface area contributed by atoms with Crippen molar-refractivity contribution < 1.29 is 14.0 Å². The van der Waals surface area contributed by atoms with Crippen LogP contribution in [0.4, 0.5) is 10.6 Å². The van der Waals surface area contributed by atoms with Crippen LogP contribution in [0.1, 0.15) is 10.4 Å². The van der Waals surface area contributed by atoms with E-state index in [9.17, 15) is 9.59 Å². The summed E-state index contributed by atoms with van der Waals surface area (Å²) in [6.45, 7) is 0. The number of carbonyl (C=O) groups excluding carboxylic acids is 2. The predicted octanol–water partition coefficient (Wildman–Crippen LogP) is 1.57. The monoisotopic (exact) mass is 270 g/mol. The van der Waals surface area contributed by atoms with Crippen molar-refractivity contribution in [3.8, 4) is 0 Å². The molecule has 0 saturated carbocycles. The van der Waals surface area contributed by atoms with Gasteiger partial charge in [0, 0.05) is 10.8 Å². The maximum Gasteiger partial charge on any atom is 0.317 e. The number of nitrogens with one attached hydrogen (secondary N) is 1. The highest BCUT2D eigenvalue weighted by molar-refractivity contribution is 6.09. The normalized spacial score (nSPS) is 10.8. The second-order valence-electron chi connectivity index (χ2n) is 4.19. The molecule has 0 unspecified atom stereocenters. The molecule has 0 atom stereocenters. The molecular weight excluding hydrogens is 260 g/mol. The number of anilines is 1. The fraction of sp³-hybridized carbons (Fsp3) is 0. The van der Waals surface area contributed by atoms with Gasteiger partial charge in [0.05, 0.1) is 5.56 Å². The second-order valence-corrected chi connectivity index (χ2v) is 4.19. The Hall–Kier alpha value is -3.09. The molecule has 5 N–H and O–H groups in total. The average Bonchev–Trinajstić information content (AvgIpc) is 2.74. The fourth-order valence-electron chi connectivity index (χ4n) is 2.05. The number of fused-ring (bicyclic) bond motifs is 3. The van der Waals surface area contributed by atoms with E-state index in [0.717, 1.165) is 5.39 Å². The maximum atomic E-state index is 11.5. The molecule has 0 fully saturated rings. The van der Waals surface area contributed by atoms with Crippen molar-refractivity contribution in [2.45, 2.75) is 0 Å². The molecule has 0 saturated heterocycles. The Kier molecular flexibility index (Phi) is 2.53. The predicted molar refractivity (Wildman–Crippen MR) is 73.2 cm³/mol. The van der Waals surface area contributed by atoms with Gasteiger partial charge in [-0.2, -0.15) is 4.98 Å². The van der Waals surface area contributed by atoms with Gasteiger partial charge < -0.3 is 15.9 Å². The Morgan fingerprint density at radius 3 is 2.60 bits per heavy atom. The molecule has 3 aromatic rings. The zero-order chi connectivity index (χ0) is 14.3. The summed E-state index contributed by atoms with van der Waals surface area (Å²) in [5, 5.41) is 3.71. The molecule has 1 aromatic carbocycles. The van der Waals surface area contributed by atoms with E-state index in [2.05, 4.69) is 10.3 Å². The molecule has 20 heavy (non-hydrogen) atoms. The van der Waals surface area contributed by atoms with Gasteiger partial charge in [-0.3, -0.25) is 10.1 Å². The number of urea groups is 1. The summed E-state index contributed by atoms with van der Waals surface area (Å²) < 4.78 is 5.55. The van der Waals surface area contributed by atoms with Crippen molar-refractivity contribution in [1.82, 2.24) is 4.98 Å². The lowest BCUT2D eigenvalue weighted by molar-refractivity contribution is 0.100. The number of primary amides is 2. The molecule has 0 aliphatic carbocycles. The lowest BCUT2D eigenvalue weighted by Crippen LogP contribution is -2.23. The van der Waals surface area contributed by atoms with Gasteiger partial charge in [-0.1, -0.05) is 18.2 Å².